The van der Waals surface area contributed by atoms with Gasteiger partial charge in [0.2, 0.25) is 5.91 Å². The highest BCUT2D eigenvalue weighted by molar-refractivity contribution is 8.00. The molecule has 0 aliphatic carbocycles. The standard InChI is InChI=1S/C14H13ClN2OS/c1-10-4-2-5-11(8-10)17-13(18)9-19-14-12(15)6-3-7-16-14/h2-8H,9H2,1H3,(H,17,18). The summed E-state index contributed by atoms with van der Waals surface area (Å²) in [5.74, 6) is 0.210. The summed E-state index contributed by atoms with van der Waals surface area (Å²) >= 11 is 7.30. The van der Waals surface area contributed by atoms with Gasteiger partial charge in [0.05, 0.1) is 10.8 Å². The monoisotopic (exact) mass is 292 g/mol. The normalized spacial score (nSPS) is 10.2. The van der Waals surface area contributed by atoms with Crippen LogP contribution in [-0.4, -0.2) is 16.6 Å². The van der Waals surface area contributed by atoms with E-state index in [0.717, 1.165) is 11.3 Å². The van der Waals surface area contributed by atoms with Crippen LogP contribution in [0, 0.1) is 6.92 Å². The molecule has 3 nitrogen and oxygen atoms in total. The molecule has 0 unspecified atom stereocenters. The predicted octanol–water partition coefficient (Wildman–Crippen LogP) is 3.77. The Labute approximate surface area is 121 Å². The molecule has 1 heterocycles. The average Bonchev–Trinajstić information content (AvgIpc) is 2.38. The Balaban J connectivity index is 1.90. The minimum atomic E-state index is -0.0719. The molecule has 1 aromatic carbocycles. The molecule has 0 atom stereocenters. The number of anilines is 1. The molecule has 0 saturated carbocycles. The van der Waals surface area contributed by atoms with Crippen LogP contribution < -0.4 is 5.32 Å². The van der Waals surface area contributed by atoms with E-state index in [-0.39, 0.29) is 11.7 Å². The van der Waals surface area contributed by atoms with Crippen molar-refractivity contribution in [3.05, 3.63) is 53.2 Å². The second-order valence-electron chi connectivity index (χ2n) is 4.00. The molecule has 0 radical (unpaired) electrons. The molecule has 0 spiro atoms. The molecule has 0 aliphatic heterocycles. The Morgan fingerprint density at radius 2 is 2.21 bits per heavy atom. The molecule has 98 valence electrons. The number of hydrogen-bond donors (Lipinski definition) is 1. The van der Waals surface area contributed by atoms with Crippen LogP contribution in [-0.2, 0) is 4.79 Å². The van der Waals surface area contributed by atoms with Gasteiger partial charge in [-0.05, 0) is 36.8 Å². The number of hydrogen-bond acceptors (Lipinski definition) is 3. The Bertz CT molecular complexity index is 589. The van der Waals surface area contributed by atoms with Crippen molar-refractivity contribution in [1.82, 2.24) is 4.98 Å². The Hall–Kier alpha value is -1.52. The summed E-state index contributed by atoms with van der Waals surface area (Å²) in [6, 6.07) is 11.2. The summed E-state index contributed by atoms with van der Waals surface area (Å²) in [4.78, 5) is 15.9. The summed E-state index contributed by atoms with van der Waals surface area (Å²) in [6.45, 7) is 1.98. The number of thioether (sulfide) groups is 1. The third kappa shape index (κ3) is 4.26. The SMILES string of the molecule is Cc1cccc(NC(=O)CSc2ncccc2Cl)c1. The maximum atomic E-state index is 11.8. The Morgan fingerprint density at radius 1 is 1.37 bits per heavy atom. The first-order valence-corrected chi connectivity index (χ1v) is 7.11. The smallest absolute Gasteiger partial charge is 0.234 e. The lowest BCUT2D eigenvalue weighted by atomic mass is 10.2. The van der Waals surface area contributed by atoms with Crippen LogP contribution in [0.3, 0.4) is 0 Å². The molecule has 0 bridgehead atoms. The molecule has 5 heteroatoms. The molecule has 19 heavy (non-hydrogen) atoms. The first kappa shape index (κ1) is 13.9. The zero-order valence-corrected chi connectivity index (χ0v) is 12.0. The van der Waals surface area contributed by atoms with Gasteiger partial charge in [-0.15, -0.1) is 0 Å². The maximum Gasteiger partial charge on any atom is 0.234 e. The van der Waals surface area contributed by atoms with Gasteiger partial charge in [-0.2, -0.15) is 0 Å². The Kier molecular flexibility index (Phi) is 4.82. The summed E-state index contributed by atoms with van der Waals surface area (Å²) in [6.07, 6.45) is 1.66. The zero-order chi connectivity index (χ0) is 13.7. The van der Waals surface area contributed by atoms with Crippen LogP contribution in [0.4, 0.5) is 5.69 Å². The van der Waals surface area contributed by atoms with Crippen molar-refractivity contribution in [2.75, 3.05) is 11.1 Å². The van der Waals surface area contributed by atoms with Crippen LogP contribution in [0.25, 0.3) is 0 Å². The number of aromatic nitrogens is 1. The number of nitrogens with one attached hydrogen (secondary N) is 1. The molecule has 1 amide bonds. The molecule has 0 saturated heterocycles. The van der Waals surface area contributed by atoms with Crippen LogP contribution in [0.15, 0.2) is 47.6 Å². The molecule has 0 fully saturated rings. The highest BCUT2D eigenvalue weighted by Crippen LogP contribution is 2.24. The van der Waals surface area contributed by atoms with E-state index in [0.29, 0.717) is 10.0 Å². The number of benzene rings is 1. The van der Waals surface area contributed by atoms with Gasteiger partial charge >= 0.3 is 0 Å². The molecule has 1 aromatic heterocycles. The fraction of sp³-hybridized carbons (Fsp3) is 0.143. The second kappa shape index (κ2) is 6.59. The van der Waals surface area contributed by atoms with E-state index in [9.17, 15) is 4.79 Å². The summed E-state index contributed by atoms with van der Waals surface area (Å²) in [5.41, 5.74) is 1.91. The fourth-order valence-electron chi connectivity index (χ4n) is 1.53. The molecule has 1 N–H and O–H groups in total. The topological polar surface area (TPSA) is 42.0 Å². The summed E-state index contributed by atoms with van der Waals surface area (Å²) in [5, 5.41) is 4.08. The molecular formula is C14H13ClN2OS. The molecule has 2 aromatic rings. The predicted molar refractivity (Wildman–Crippen MR) is 79.8 cm³/mol. The highest BCUT2D eigenvalue weighted by Gasteiger charge is 2.07. The first-order valence-electron chi connectivity index (χ1n) is 5.75. The fourth-order valence-corrected chi connectivity index (χ4v) is 2.50. The third-order valence-corrected chi connectivity index (χ3v) is 3.79. The van der Waals surface area contributed by atoms with E-state index in [2.05, 4.69) is 10.3 Å². The third-order valence-electron chi connectivity index (χ3n) is 2.37. The minimum absolute atomic E-state index is 0.0719. The lowest BCUT2D eigenvalue weighted by Gasteiger charge is -2.06. The maximum absolute atomic E-state index is 11.8. The van der Waals surface area contributed by atoms with Gasteiger partial charge in [-0.25, -0.2) is 4.98 Å². The number of carbonyl (C=O) groups excluding carboxylic acids is 1. The lowest BCUT2D eigenvalue weighted by molar-refractivity contribution is -0.113. The van der Waals surface area contributed by atoms with E-state index in [1.54, 1.807) is 18.3 Å². The van der Waals surface area contributed by atoms with Gasteiger partial charge in [0.25, 0.3) is 0 Å². The second-order valence-corrected chi connectivity index (χ2v) is 5.37. The largest absolute Gasteiger partial charge is 0.325 e. The van der Waals surface area contributed by atoms with Gasteiger partial charge in [0.1, 0.15) is 5.03 Å². The number of rotatable bonds is 4. The van der Waals surface area contributed by atoms with Gasteiger partial charge in [0.15, 0.2) is 0 Å². The quantitative estimate of drug-likeness (QED) is 0.872. The van der Waals surface area contributed by atoms with Crippen LogP contribution in [0.1, 0.15) is 5.56 Å². The highest BCUT2D eigenvalue weighted by atomic mass is 35.5. The zero-order valence-electron chi connectivity index (χ0n) is 10.4. The molecule has 0 aliphatic rings. The van der Waals surface area contributed by atoms with Gasteiger partial charge < -0.3 is 5.32 Å². The van der Waals surface area contributed by atoms with E-state index in [1.807, 2.05) is 31.2 Å². The first-order chi connectivity index (χ1) is 9.15. The minimum Gasteiger partial charge on any atom is -0.325 e. The lowest BCUT2D eigenvalue weighted by Crippen LogP contribution is -2.14. The van der Waals surface area contributed by atoms with E-state index < -0.39 is 0 Å². The van der Waals surface area contributed by atoms with Crippen molar-refractivity contribution in [2.45, 2.75) is 11.9 Å². The van der Waals surface area contributed by atoms with Crippen LogP contribution >= 0.6 is 23.4 Å². The van der Waals surface area contributed by atoms with Crippen molar-refractivity contribution in [3.8, 4) is 0 Å². The van der Waals surface area contributed by atoms with Crippen molar-refractivity contribution < 1.29 is 4.79 Å². The average molecular weight is 293 g/mol. The number of pyridine rings is 1. The van der Waals surface area contributed by atoms with E-state index in [1.165, 1.54) is 11.8 Å². The van der Waals surface area contributed by atoms with Crippen molar-refractivity contribution in [3.63, 3.8) is 0 Å². The van der Waals surface area contributed by atoms with Gasteiger partial charge in [-0.3, -0.25) is 4.79 Å². The number of carbonyl (C=O) groups is 1. The molecular weight excluding hydrogens is 280 g/mol. The van der Waals surface area contributed by atoms with Crippen LogP contribution in [0.5, 0.6) is 0 Å². The van der Waals surface area contributed by atoms with Gasteiger partial charge in [-0.1, -0.05) is 35.5 Å². The number of halogens is 1. The summed E-state index contributed by atoms with van der Waals surface area (Å²) < 4.78 is 0. The van der Waals surface area contributed by atoms with Crippen molar-refractivity contribution in [2.24, 2.45) is 0 Å². The number of amides is 1. The number of nitrogens with zero attached hydrogens (tertiary/aromatic N) is 1. The Morgan fingerprint density at radius 3 is 2.95 bits per heavy atom. The van der Waals surface area contributed by atoms with Gasteiger partial charge in [0, 0.05) is 11.9 Å². The number of aryl methyl sites for hydroxylation is 1. The van der Waals surface area contributed by atoms with Crippen LogP contribution in [0.2, 0.25) is 5.02 Å². The van der Waals surface area contributed by atoms with Crippen molar-refractivity contribution in [1.29, 1.82) is 0 Å². The van der Waals surface area contributed by atoms with E-state index >= 15 is 0 Å². The van der Waals surface area contributed by atoms with E-state index in [4.69, 9.17) is 11.6 Å². The molecule has 2 rings (SSSR count). The van der Waals surface area contributed by atoms with Crippen molar-refractivity contribution >= 4 is 35.0 Å². The summed E-state index contributed by atoms with van der Waals surface area (Å²) in [7, 11) is 0.